The van der Waals surface area contributed by atoms with E-state index in [-0.39, 0.29) is 59.5 Å². The number of aryl methyl sites for hydroxylation is 6. The van der Waals surface area contributed by atoms with Gasteiger partial charge < -0.3 is 112 Å². The molecule has 0 bridgehead atoms. The molecular weight excluding hydrogens is 1030 g/mol. The number of rotatable bonds is 29. The first-order chi connectivity index (χ1) is 38.0. The number of ether oxygens (including phenoxy) is 10. The van der Waals surface area contributed by atoms with E-state index in [1.54, 1.807) is 31.4 Å². The Morgan fingerprint density at radius 3 is 1.10 bits per heavy atom. The second kappa shape index (κ2) is 46.4. The first kappa shape index (κ1) is 72.5. The lowest BCUT2D eigenvalue weighted by Gasteiger charge is -2.12. The molecule has 5 rings (SSSR count). The van der Waals surface area contributed by atoms with Crippen LogP contribution in [0.2, 0.25) is 0 Å². The van der Waals surface area contributed by atoms with Gasteiger partial charge in [-0.15, -0.1) is 0 Å². The molecule has 0 heterocycles. The van der Waals surface area contributed by atoms with Crippen LogP contribution in [0, 0.1) is 41.5 Å². The van der Waals surface area contributed by atoms with Gasteiger partial charge in [0.1, 0.15) is 67.5 Å². The Morgan fingerprint density at radius 1 is 0.329 bits per heavy atom. The van der Waals surface area contributed by atoms with Gasteiger partial charge in [-0.2, -0.15) is 0 Å². The van der Waals surface area contributed by atoms with Crippen LogP contribution in [0.1, 0.15) is 33.4 Å². The van der Waals surface area contributed by atoms with Crippen LogP contribution in [0.4, 0.5) is 28.4 Å². The molecule has 0 unspecified atom stereocenters. The minimum absolute atomic E-state index is 0.00670. The van der Waals surface area contributed by atoms with Gasteiger partial charge in [-0.25, -0.2) is 0 Å². The largest absolute Gasteiger partial charge is 0.497 e. The number of nitrogen functional groups attached to an aromatic ring is 5. The van der Waals surface area contributed by atoms with Crippen LogP contribution in [-0.4, -0.2) is 175 Å². The van der Waals surface area contributed by atoms with E-state index >= 15 is 0 Å². The van der Waals surface area contributed by atoms with Crippen molar-refractivity contribution >= 4 is 28.4 Å². The Hall–Kier alpha value is -6.54. The second-order valence-corrected chi connectivity index (χ2v) is 16.7. The Bertz CT molecular complexity index is 2280. The molecule has 17 N–H and O–H groups in total. The zero-order chi connectivity index (χ0) is 59.2. The molecule has 0 amide bonds. The maximum atomic E-state index is 8.60. The van der Waals surface area contributed by atoms with Crippen LogP contribution in [0.3, 0.4) is 0 Å². The summed E-state index contributed by atoms with van der Waals surface area (Å²) in [5.74, 6) is 4.02. The van der Waals surface area contributed by atoms with Crippen molar-refractivity contribution in [2.24, 2.45) is 0 Å². The summed E-state index contributed by atoms with van der Waals surface area (Å²) >= 11 is 0. The molecule has 0 spiro atoms. The summed E-state index contributed by atoms with van der Waals surface area (Å²) < 4.78 is 51.7. The summed E-state index contributed by atoms with van der Waals surface area (Å²) in [6.45, 7) is 16.8. The van der Waals surface area contributed by atoms with Crippen molar-refractivity contribution in [2.45, 2.75) is 41.5 Å². The number of aliphatic hydroxyl groups is 7. The van der Waals surface area contributed by atoms with Gasteiger partial charge in [-0.05, 0) is 117 Å². The summed E-state index contributed by atoms with van der Waals surface area (Å²) in [4.78, 5) is 0. The molecule has 5 aromatic carbocycles. The van der Waals surface area contributed by atoms with Crippen LogP contribution in [0.25, 0.3) is 0 Å². The molecule has 0 radical (unpaired) electrons. The Balaban J connectivity index is 0.000000937. The van der Waals surface area contributed by atoms with Gasteiger partial charge in [0.25, 0.3) is 0 Å². The fourth-order valence-electron chi connectivity index (χ4n) is 6.39. The van der Waals surface area contributed by atoms with Gasteiger partial charge in [0.2, 0.25) is 0 Å². The summed E-state index contributed by atoms with van der Waals surface area (Å²) in [6, 6.07) is 24.2. The first-order valence-corrected chi connectivity index (χ1v) is 25.6. The SMILES string of the molecule is COc1ccc(OCCOCCO)c(N)c1.Cc1cc(C)c(OCCO)c(N)c1.Cc1cc(C)c(OCCOCCO)c(N)c1.Cc1ccc(OCCOCCO)c(N)c1.Cc1cccc(OCCO)c1N.OCCOCCO. The summed E-state index contributed by atoms with van der Waals surface area (Å²) in [7, 11) is 1.58. The maximum absolute atomic E-state index is 8.60. The van der Waals surface area contributed by atoms with Crippen LogP contribution in [0.5, 0.6) is 34.5 Å². The minimum Gasteiger partial charge on any atom is -0.497 e. The second-order valence-electron chi connectivity index (χ2n) is 16.7. The predicted octanol–water partition coefficient (Wildman–Crippen LogP) is 4.10. The van der Waals surface area contributed by atoms with E-state index < -0.39 is 0 Å². The summed E-state index contributed by atoms with van der Waals surface area (Å²) in [6.07, 6.45) is 0. The van der Waals surface area contributed by atoms with Gasteiger partial charge in [-0.3, -0.25) is 0 Å². The number of benzene rings is 5. The van der Waals surface area contributed by atoms with Crippen molar-refractivity contribution in [3.8, 4) is 34.5 Å². The molecule has 0 saturated heterocycles. The van der Waals surface area contributed by atoms with Gasteiger partial charge in [0.15, 0.2) is 0 Å². The number of hydrogen-bond donors (Lipinski definition) is 12. The predicted molar refractivity (Wildman–Crippen MR) is 310 cm³/mol. The van der Waals surface area contributed by atoms with E-state index in [4.69, 9.17) is 107 Å². The van der Waals surface area contributed by atoms with Crippen molar-refractivity contribution in [2.75, 3.05) is 168 Å². The number of anilines is 5. The molecule has 5 aromatic rings. The average Bonchev–Trinajstić information content (AvgIpc) is 3.41. The van der Waals surface area contributed by atoms with Crippen LogP contribution in [0.15, 0.2) is 78.9 Å². The smallest absolute Gasteiger partial charge is 0.145 e. The Kier molecular flexibility index (Phi) is 42.5. The Morgan fingerprint density at radius 2 is 0.696 bits per heavy atom. The van der Waals surface area contributed by atoms with Crippen molar-refractivity contribution in [1.82, 2.24) is 0 Å². The topological polar surface area (TPSA) is 364 Å². The van der Waals surface area contributed by atoms with Crippen molar-refractivity contribution < 1.29 is 83.1 Å². The van der Waals surface area contributed by atoms with Gasteiger partial charge in [-0.1, -0.05) is 30.3 Å². The van der Waals surface area contributed by atoms with Crippen molar-refractivity contribution in [3.05, 3.63) is 112 Å². The minimum atomic E-state index is 0.00670. The standard InChI is InChI=1S/C12H19NO3.C11H17NO4.C11H17NO3.C10H15NO2.C9H13NO2.C4H10O3/c1-9-7-10(2)12(11(13)8-9)16-6-5-15-4-3-14;1-14-9-2-3-11(10(12)8-9)16-7-6-15-5-4-13;1-9-2-3-11(10(12)8-9)15-7-6-14-5-4-13;1-7-5-8(2)10(9(11)6-7)13-4-3-12;1-7-3-2-4-8(9(7)10)12-6-5-11;5-1-3-7-4-2-6/h7-8,14H,3-6,13H2,1-2H3;2-3,8,13H,4-7,12H2,1H3;2-3,8,13H,4-7,12H2,1H3;5-6,12H,3-4,11H2,1-2H3;2-4,11H,5-6,10H2,1H3;5-6H,1-4H2. The normalized spacial score (nSPS) is 10.1. The highest BCUT2D eigenvalue weighted by molar-refractivity contribution is 5.60. The van der Waals surface area contributed by atoms with E-state index in [0.29, 0.717) is 130 Å². The summed E-state index contributed by atoms with van der Waals surface area (Å²) in [5.41, 5.74) is 38.3. The zero-order valence-electron chi connectivity index (χ0n) is 47.2. The van der Waals surface area contributed by atoms with Crippen LogP contribution < -0.4 is 57.1 Å². The van der Waals surface area contributed by atoms with Gasteiger partial charge in [0, 0.05) is 6.07 Å². The monoisotopic (exact) mass is 1120 g/mol. The lowest BCUT2D eigenvalue weighted by molar-refractivity contribution is 0.0650. The maximum Gasteiger partial charge on any atom is 0.145 e. The van der Waals surface area contributed by atoms with E-state index in [9.17, 15) is 0 Å². The fourth-order valence-corrected chi connectivity index (χ4v) is 6.39. The highest BCUT2D eigenvalue weighted by Gasteiger charge is 2.07. The number of aliphatic hydroxyl groups excluding tert-OH is 7. The third kappa shape index (κ3) is 34.2. The third-order valence-electron chi connectivity index (χ3n) is 9.87. The Labute approximate surface area is 466 Å². The highest BCUT2D eigenvalue weighted by Crippen LogP contribution is 2.29. The fraction of sp³-hybridized carbons (Fsp3) is 0.474. The number of nitrogens with two attached hydrogens (primary N) is 5. The first-order valence-electron chi connectivity index (χ1n) is 25.6. The average molecular weight is 1120 g/mol. The molecule has 79 heavy (non-hydrogen) atoms. The number of hydrogen-bond acceptors (Lipinski definition) is 22. The molecule has 446 valence electrons. The molecule has 0 saturated carbocycles. The molecule has 22 heteroatoms. The molecule has 0 aliphatic rings. The molecule has 0 aliphatic heterocycles. The molecule has 22 nitrogen and oxygen atoms in total. The quantitative estimate of drug-likeness (QED) is 0.0237. The molecule has 0 atom stereocenters. The van der Waals surface area contributed by atoms with E-state index in [0.717, 1.165) is 39.1 Å². The van der Waals surface area contributed by atoms with Crippen molar-refractivity contribution in [1.29, 1.82) is 0 Å². The van der Waals surface area contributed by atoms with E-state index in [1.165, 1.54) is 0 Å². The molecule has 0 fully saturated rings. The van der Waals surface area contributed by atoms with Crippen molar-refractivity contribution in [3.63, 3.8) is 0 Å². The van der Waals surface area contributed by atoms with Crippen LogP contribution >= 0.6 is 0 Å². The lowest BCUT2D eigenvalue weighted by Crippen LogP contribution is -2.10. The zero-order valence-corrected chi connectivity index (χ0v) is 47.2. The molecule has 0 aliphatic carbocycles. The number of methoxy groups -OCH3 is 1. The third-order valence-corrected chi connectivity index (χ3v) is 9.87. The van der Waals surface area contributed by atoms with Gasteiger partial charge in [0.05, 0.1) is 135 Å². The van der Waals surface area contributed by atoms with Crippen LogP contribution in [-0.2, 0) is 18.9 Å². The highest BCUT2D eigenvalue weighted by atomic mass is 16.5. The van der Waals surface area contributed by atoms with Gasteiger partial charge >= 0.3 is 0 Å². The molecular formula is C57H91N5O17. The molecule has 0 aromatic heterocycles. The lowest BCUT2D eigenvalue weighted by atomic mass is 10.1. The van der Waals surface area contributed by atoms with E-state index in [2.05, 4.69) is 4.74 Å². The van der Waals surface area contributed by atoms with E-state index in [1.807, 2.05) is 96.1 Å². The summed E-state index contributed by atoms with van der Waals surface area (Å²) in [5, 5.41) is 58.8. The number of para-hydroxylation sites is 1.